The van der Waals surface area contributed by atoms with Crippen LogP contribution >= 0.6 is 11.6 Å². The van der Waals surface area contributed by atoms with E-state index in [2.05, 4.69) is 0 Å². The predicted octanol–water partition coefficient (Wildman–Crippen LogP) is 3.59. The summed E-state index contributed by atoms with van der Waals surface area (Å²) in [5.74, 6) is -2.34. The number of benzene rings is 2. The first-order valence-electron chi connectivity index (χ1n) is 7.31. The summed E-state index contributed by atoms with van der Waals surface area (Å²) in [5.41, 5.74) is -1.47. The maximum absolute atomic E-state index is 13.1. The van der Waals surface area contributed by atoms with Crippen LogP contribution < -0.4 is 5.32 Å². The summed E-state index contributed by atoms with van der Waals surface area (Å²) < 4.78 is 39.2. The van der Waals surface area contributed by atoms with Crippen LogP contribution in [0, 0.1) is 0 Å². The van der Waals surface area contributed by atoms with Crippen molar-refractivity contribution in [3.63, 3.8) is 0 Å². The SMILES string of the molecule is O=C(CN1C(=O)c2ccccc2C1=O)Nc1c(Cl)cccc1C(F)(F)F. The van der Waals surface area contributed by atoms with Gasteiger partial charge in [0.15, 0.2) is 0 Å². The molecule has 0 fully saturated rings. The highest BCUT2D eigenvalue weighted by Gasteiger charge is 2.38. The minimum Gasteiger partial charge on any atom is -0.323 e. The topological polar surface area (TPSA) is 66.5 Å². The molecular formula is C17H10ClF3N2O3. The van der Waals surface area contributed by atoms with Crippen LogP contribution in [0.25, 0.3) is 0 Å². The molecule has 2 aromatic carbocycles. The number of anilines is 1. The molecule has 0 spiro atoms. The summed E-state index contributed by atoms with van der Waals surface area (Å²) in [7, 11) is 0. The zero-order valence-electron chi connectivity index (χ0n) is 12.9. The molecule has 0 aliphatic carbocycles. The number of hydrogen-bond acceptors (Lipinski definition) is 3. The minimum absolute atomic E-state index is 0.138. The van der Waals surface area contributed by atoms with Gasteiger partial charge < -0.3 is 5.32 Å². The third-order valence-electron chi connectivity index (χ3n) is 3.76. The van der Waals surface area contributed by atoms with Gasteiger partial charge in [-0.3, -0.25) is 19.3 Å². The zero-order chi connectivity index (χ0) is 19.1. The molecule has 0 atom stereocenters. The van der Waals surface area contributed by atoms with Crippen molar-refractivity contribution < 1.29 is 27.6 Å². The number of halogens is 4. The molecule has 1 aliphatic rings. The van der Waals surface area contributed by atoms with Crippen molar-refractivity contribution in [1.82, 2.24) is 4.90 Å². The highest BCUT2D eigenvalue weighted by atomic mass is 35.5. The normalized spacial score (nSPS) is 13.8. The van der Waals surface area contributed by atoms with Gasteiger partial charge in [-0.05, 0) is 24.3 Å². The van der Waals surface area contributed by atoms with Crippen LogP contribution in [0.2, 0.25) is 5.02 Å². The summed E-state index contributed by atoms with van der Waals surface area (Å²) in [6.07, 6.45) is -4.73. The molecule has 1 heterocycles. The number of fused-ring (bicyclic) bond motifs is 1. The molecule has 9 heteroatoms. The van der Waals surface area contributed by atoms with Gasteiger partial charge in [-0.2, -0.15) is 13.2 Å². The molecular weight excluding hydrogens is 373 g/mol. The van der Waals surface area contributed by atoms with Gasteiger partial charge in [0.2, 0.25) is 5.91 Å². The largest absolute Gasteiger partial charge is 0.418 e. The molecule has 3 rings (SSSR count). The zero-order valence-corrected chi connectivity index (χ0v) is 13.7. The number of carbonyl (C=O) groups is 3. The number of nitrogens with zero attached hydrogens (tertiary/aromatic N) is 1. The van der Waals surface area contributed by atoms with E-state index in [-0.39, 0.29) is 16.1 Å². The van der Waals surface area contributed by atoms with Crippen molar-refractivity contribution in [3.05, 3.63) is 64.2 Å². The number of hydrogen-bond donors (Lipinski definition) is 1. The maximum Gasteiger partial charge on any atom is 0.418 e. The molecule has 26 heavy (non-hydrogen) atoms. The highest BCUT2D eigenvalue weighted by Crippen LogP contribution is 2.38. The Morgan fingerprint density at radius 1 is 1.00 bits per heavy atom. The summed E-state index contributed by atoms with van der Waals surface area (Å²) in [4.78, 5) is 37.2. The van der Waals surface area contributed by atoms with Crippen LogP contribution in [0.4, 0.5) is 18.9 Å². The van der Waals surface area contributed by atoms with Crippen molar-refractivity contribution in [2.75, 3.05) is 11.9 Å². The van der Waals surface area contributed by atoms with E-state index < -0.39 is 41.7 Å². The standard InChI is InChI=1S/C17H10ClF3N2O3/c18-12-7-3-6-11(17(19,20)21)14(12)22-13(24)8-23-15(25)9-4-1-2-5-10(9)16(23)26/h1-7H,8H2,(H,22,24). The van der Waals surface area contributed by atoms with Gasteiger partial charge in [0.25, 0.3) is 11.8 Å². The molecule has 134 valence electrons. The van der Waals surface area contributed by atoms with Crippen LogP contribution in [0.3, 0.4) is 0 Å². The van der Waals surface area contributed by atoms with Crippen LogP contribution in [-0.2, 0) is 11.0 Å². The second kappa shape index (κ2) is 6.45. The van der Waals surface area contributed by atoms with E-state index in [1.54, 1.807) is 12.1 Å². The molecule has 5 nitrogen and oxygen atoms in total. The molecule has 1 aliphatic heterocycles. The first-order chi connectivity index (χ1) is 12.2. The summed E-state index contributed by atoms with van der Waals surface area (Å²) in [6.45, 7) is -0.727. The van der Waals surface area contributed by atoms with Crippen molar-refractivity contribution in [2.45, 2.75) is 6.18 Å². The lowest BCUT2D eigenvalue weighted by atomic mass is 10.1. The van der Waals surface area contributed by atoms with Gasteiger partial charge in [-0.15, -0.1) is 0 Å². The van der Waals surface area contributed by atoms with Gasteiger partial charge in [0.1, 0.15) is 6.54 Å². The summed E-state index contributed by atoms with van der Waals surface area (Å²) in [5, 5.41) is 1.73. The number of alkyl halides is 3. The Hall–Kier alpha value is -2.87. The summed E-state index contributed by atoms with van der Waals surface area (Å²) in [6, 6.07) is 9.05. The Balaban J connectivity index is 1.82. The van der Waals surface area contributed by atoms with E-state index in [0.717, 1.165) is 12.1 Å². The molecule has 3 amide bonds. The van der Waals surface area contributed by atoms with Crippen LogP contribution in [0.5, 0.6) is 0 Å². The van der Waals surface area contributed by atoms with Crippen molar-refractivity contribution in [3.8, 4) is 0 Å². The molecule has 0 radical (unpaired) electrons. The van der Waals surface area contributed by atoms with Crippen LogP contribution in [0.15, 0.2) is 42.5 Å². The number of imide groups is 1. The van der Waals surface area contributed by atoms with Crippen molar-refractivity contribution in [1.29, 1.82) is 0 Å². The third-order valence-corrected chi connectivity index (χ3v) is 4.08. The lowest BCUT2D eigenvalue weighted by molar-refractivity contribution is -0.137. The Morgan fingerprint density at radius 2 is 1.58 bits per heavy atom. The Labute approximate surface area is 150 Å². The van der Waals surface area contributed by atoms with Crippen molar-refractivity contribution in [2.24, 2.45) is 0 Å². The Kier molecular flexibility index (Phi) is 4.45. The van der Waals surface area contributed by atoms with Gasteiger partial charge in [0.05, 0.1) is 27.4 Å². The van der Waals surface area contributed by atoms with E-state index in [0.29, 0.717) is 4.90 Å². The fourth-order valence-corrected chi connectivity index (χ4v) is 2.81. The maximum atomic E-state index is 13.1. The molecule has 2 aromatic rings. The molecule has 0 unspecified atom stereocenters. The number of para-hydroxylation sites is 1. The second-order valence-electron chi connectivity index (χ2n) is 5.45. The number of nitrogens with one attached hydrogen (secondary N) is 1. The summed E-state index contributed by atoms with van der Waals surface area (Å²) >= 11 is 5.76. The molecule has 1 N–H and O–H groups in total. The van der Waals surface area contributed by atoms with E-state index in [1.807, 2.05) is 5.32 Å². The first-order valence-corrected chi connectivity index (χ1v) is 7.68. The van der Waals surface area contributed by atoms with E-state index >= 15 is 0 Å². The Morgan fingerprint density at radius 3 is 2.12 bits per heavy atom. The van der Waals surface area contributed by atoms with Gasteiger partial charge in [-0.25, -0.2) is 0 Å². The minimum atomic E-state index is -4.73. The number of rotatable bonds is 3. The van der Waals surface area contributed by atoms with E-state index in [1.165, 1.54) is 18.2 Å². The first kappa shape index (κ1) is 17.9. The van der Waals surface area contributed by atoms with Gasteiger partial charge in [0, 0.05) is 0 Å². The molecule has 0 aromatic heterocycles. The molecule has 0 saturated carbocycles. The fraction of sp³-hybridized carbons (Fsp3) is 0.118. The van der Waals surface area contributed by atoms with E-state index in [4.69, 9.17) is 11.6 Å². The van der Waals surface area contributed by atoms with Crippen LogP contribution in [-0.4, -0.2) is 29.2 Å². The molecule has 0 saturated heterocycles. The van der Waals surface area contributed by atoms with Gasteiger partial charge in [-0.1, -0.05) is 29.8 Å². The van der Waals surface area contributed by atoms with Crippen LogP contribution in [0.1, 0.15) is 26.3 Å². The third kappa shape index (κ3) is 3.15. The average Bonchev–Trinajstić information content (AvgIpc) is 2.81. The van der Waals surface area contributed by atoms with Crippen molar-refractivity contribution >= 4 is 35.0 Å². The van der Waals surface area contributed by atoms with Gasteiger partial charge >= 0.3 is 6.18 Å². The number of amides is 3. The van der Waals surface area contributed by atoms with E-state index in [9.17, 15) is 27.6 Å². The smallest absolute Gasteiger partial charge is 0.323 e. The Bertz CT molecular complexity index is 893. The number of carbonyl (C=O) groups excluding carboxylic acids is 3. The highest BCUT2D eigenvalue weighted by molar-refractivity contribution is 6.34. The lowest BCUT2D eigenvalue weighted by Crippen LogP contribution is -2.37. The average molecular weight is 383 g/mol. The monoisotopic (exact) mass is 382 g/mol. The quantitative estimate of drug-likeness (QED) is 0.825. The lowest BCUT2D eigenvalue weighted by Gasteiger charge is -2.17. The fourth-order valence-electron chi connectivity index (χ4n) is 2.59. The molecule has 0 bridgehead atoms. The predicted molar refractivity (Wildman–Crippen MR) is 86.9 cm³/mol. The second-order valence-corrected chi connectivity index (χ2v) is 5.86.